The number of hydrogen-bond acceptors (Lipinski definition) is 9. The van der Waals surface area contributed by atoms with Gasteiger partial charge in [-0.15, -0.1) is 11.3 Å². The number of aliphatic hydroxyl groups is 1. The third kappa shape index (κ3) is 8.33. The van der Waals surface area contributed by atoms with Crippen LogP contribution in [0.1, 0.15) is 50.2 Å². The number of esters is 1. The van der Waals surface area contributed by atoms with Crippen LogP contribution in [0.15, 0.2) is 28.7 Å². The van der Waals surface area contributed by atoms with Crippen molar-refractivity contribution < 1.29 is 38.4 Å². The van der Waals surface area contributed by atoms with E-state index in [1.807, 2.05) is 45.0 Å². The van der Waals surface area contributed by atoms with Gasteiger partial charge in [-0.3, -0.25) is 0 Å². The van der Waals surface area contributed by atoms with Gasteiger partial charge in [0.15, 0.2) is 16.9 Å². The molecule has 0 saturated carbocycles. The summed E-state index contributed by atoms with van der Waals surface area (Å²) in [7, 11) is 1.31. The van der Waals surface area contributed by atoms with Gasteiger partial charge < -0.3 is 33.7 Å². The van der Waals surface area contributed by atoms with E-state index in [4.69, 9.17) is 23.7 Å². The normalized spacial score (nSPS) is 15.2. The molecule has 2 heterocycles. The Morgan fingerprint density at radius 1 is 1.21 bits per heavy atom. The van der Waals surface area contributed by atoms with E-state index in [9.17, 15) is 14.7 Å². The molecule has 11 heteroatoms. The highest BCUT2D eigenvalue weighted by atomic mass is 79.9. The highest BCUT2D eigenvalue weighted by Gasteiger charge is 2.28. The largest absolute Gasteiger partial charge is 0.493 e. The lowest BCUT2D eigenvalue weighted by atomic mass is 9.98. The Labute approximate surface area is 236 Å². The summed E-state index contributed by atoms with van der Waals surface area (Å²) in [5.41, 5.74) is 0.332. The molecule has 38 heavy (non-hydrogen) atoms. The van der Waals surface area contributed by atoms with Gasteiger partial charge in [0.1, 0.15) is 18.0 Å². The molecule has 1 saturated heterocycles. The monoisotopic (exact) mass is 613 g/mol. The van der Waals surface area contributed by atoms with Crippen LogP contribution in [0.25, 0.3) is 10.4 Å². The summed E-state index contributed by atoms with van der Waals surface area (Å²) in [5, 5.41) is 9.88. The minimum absolute atomic E-state index is 0.136. The molecule has 1 aliphatic heterocycles. The molecule has 1 unspecified atom stereocenters. The predicted molar refractivity (Wildman–Crippen MR) is 148 cm³/mol. The number of carbonyl (C=O) groups is 2. The van der Waals surface area contributed by atoms with Crippen LogP contribution in [-0.4, -0.2) is 74.0 Å². The summed E-state index contributed by atoms with van der Waals surface area (Å²) in [5.74, 6) is 0.784. The SMILES string of the molecule is CCOC(O)COc1c(C(=O)OC)sc(-c2cccc(OCC3CCN(C(=O)OC(C)(C)C)CC3)c2)c1Br. The molecule has 1 fully saturated rings. The van der Waals surface area contributed by atoms with Gasteiger partial charge in [0.05, 0.1) is 23.1 Å². The average molecular weight is 615 g/mol. The molecule has 1 aliphatic rings. The highest BCUT2D eigenvalue weighted by Crippen LogP contribution is 2.46. The van der Waals surface area contributed by atoms with Crippen LogP contribution in [0.5, 0.6) is 11.5 Å². The van der Waals surface area contributed by atoms with Gasteiger partial charge >= 0.3 is 12.1 Å². The summed E-state index contributed by atoms with van der Waals surface area (Å²) >= 11 is 4.78. The van der Waals surface area contributed by atoms with E-state index in [-0.39, 0.29) is 17.6 Å². The average Bonchev–Trinajstić information content (AvgIpc) is 3.21. The van der Waals surface area contributed by atoms with Gasteiger partial charge in [-0.05, 0) is 80.1 Å². The van der Waals surface area contributed by atoms with Crippen molar-refractivity contribution in [2.75, 3.05) is 40.0 Å². The zero-order valence-electron chi connectivity index (χ0n) is 22.5. The topological polar surface area (TPSA) is 104 Å². The Morgan fingerprint density at radius 3 is 2.55 bits per heavy atom. The first-order valence-electron chi connectivity index (χ1n) is 12.6. The summed E-state index contributed by atoms with van der Waals surface area (Å²) in [4.78, 5) is 27.5. The van der Waals surface area contributed by atoms with Crippen molar-refractivity contribution in [2.45, 2.75) is 52.4 Å². The van der Waals surface area contributed by atoms with Crippen molar-refractivity contribution >= 4 is 39.3 Å². The lowest BCUT2D eigenvalue weighted by molar-refractivity contribution is -0.115. The number of methoxy groups -OCH3 is 1. The first-order chi connectivity index (χ1) is 18.0. The van der Waals surface area contributed by atoms with Crippen LogP contribution in [0, 0.1) is 5.92 Å². The molecule has 0 spiro atoms. The molecule has 1 aromatic carbocycles. The number of rotatable bonds is 10. The summed E-state index contributed by atoms with van der Waals surface area (Å²) in [6.45, 7) is 9.38. The Bertz CT molecular complexity index is 1090. The Balaban J connectivity index is 1.65. The zero-order valence-corrected chi connectivity index (χ0v) is 24.9. The molecule has 2 aromatic rings. The highest BCUT2D eigenvalue weighted by molar-refractivity contribution is 9.10. The smallest absolute Gasteiger partial charge is 0.410 e. The minimum atomic E-state index is -1.12. The molecule has 0 bridgehead atoms. The number of halogens is 1. The number of piperidine rings is 1. The molecule has 210 valence electrons. The maximum Gasteiger partial charge on any atom is 0.410 e. The van der Waals surface area contributed by atoms with Crippen molar-refractivity contribution in [3.63, 3.8) is 0 Å². The molecular weight excluding hydrogens is 578 g/mol. The van der Waals surface area contributed by atoms with Crippen LogP contribution in [0.3, 0.4) is 0 Å². The molecule has 3 rings (SSSR count). The Hall–Kier alpha value is -2.34. The fourth-order valence-electron chi connectivity index (χ4n) is 3.88. The molecule has 0 aliphatic carbocycles. The van der Waals surface area contributed by atoms with E-state index in [0.29, 0.717) is 48.2 Å². The van der Waals surface area contributed by atoms with Gasteiger partial charge in [0.2, 0.25) is 0 Å². The molecule has 9 nitrogen and oxygen atoms in total. The van der Waals surface area contributed by atoms with Crippen LogP contribution in [-0.2, 0) is 14.2 Å². The summed E-state index contributed by atoms with van der Waals surface area (Å²) in [6, 6.07) is 7.60. The van der Waals surface area contributed by atoms with Gasteiger partial charge in [0, 0.05) is 19.7 Å². The van der Waals surface area contributed by atoms with Crippen molar-refractivity contribution in [1.82, 2.24) is 4.90 Å². The number of nitrogens with zero attached hydrogens (tertiary/aromatic N) is 1. The fourth-order valence-corrected chi connectivity index (χ4v) is 5.85. The Kier molecular flexibility index (Phi) is 10.8. The third-order valence-corrected chi connectivity index (χ3v) is 7.98. The molecule has 1 N–H and O–H groups in total. The number of thiophene rings is 1. The number of likely N-dealkylation sites (tertiary alicyclic amines) is 1. The maximum atomic E-state index is 12.4. The second kappa shape index (κ2) is 13.6. The quantitative estimate of drug-likeness (QED) is 0.268. The second-order valence-electron chi connectivity index (χ2n) is 9.87. The van der Waals surface area contributed by atoms with Crippen LogP contribution in [0.2, 0.25) is 0 Å². The standard InChI is InChI=1S/C27H36BrNO8S/c1-6-34-20(30)16-36-22-21(28)23(38-24(22)25(31)33-5)18-8-7-9-19(14-18)35-15-17-10-12-29(13-11-17)26(32)37-27(2,3)4/h7-9,14,17,20,30H,6,10-13,15-16H2,1-5H3. The van der Waals surface area contributed by atoms with Gasteiger partial charge in [0.25, 0.3) is 0 Å². The molecule has 1 atom stereocenters. The first kappa shape index (κ1) is 30.2. The van der Waals surface area contributed by atoms with E-state index >= 15 is 0 Å². The number of hydrogen-bond donors (Lipinski definition) is 1. The molecule has 1 amide bonds. The van der Waals surface area contributed by atoms with E-state index in [0.717, 1.165) is 23.3 Å². The molecular formula is C27H36BrNO8S. The van der Waals surface area contributed by atoms with Crippen molar-refractivity contribution in [3.8, 4) is 21.9 Å². The van der Waals surface area contributed by atoms with Crippen molar-refractivity contribution in [3.05, 3.63) is 33.6 Å². The van der Waals surface area contributed by atoms with E-state index < -0.39 is 17.9 Å². The van der Waals surface area contributed by atoms with E-state index in [1.165, 1.54) is 18.4 Å². The Morgan fingerprint density at radius 2 is 1.92 bits per heavy atom. The second-order valence-corrected chi connectivity index (χ2v) is 11.7. The first-order valence-corrected chi connectivity index (χ1v) is 14.2. The summed E-state index contributed by atoms with van der Waals surface area (Å²) in [6.07, 6.45) is 0.292. The van der Waals surface area contributed by atoms with Crippen LogP contribution < -0.4 is 9.47 Å². The number of carbonyl (C=O) groups excluding carboxylic acids is 2. The van der Waals surface area contributed by atoms with Gasteiger partial charge in [-0.25, -0.2) is 9.59 Å². The predicted octanol–water partition coefficient (Wildman–Crippen LogP) is 5.72. The maximum absolute atomic E-state index is 12.4. The zero-order chi connectivity index (χ0) is 27.9. The van der Waals surface area contributed by atoms with Crippen molar-refractivity contribution in [2.24, 2.45) is 5.92 Å². The van der Waals surface area contributed by atoms with Crippen LogP contribution in [0.4, 0.5) is 4.79 Å². The van der Waals surface area contributed by atoms with Crippen molar-refractivity contribution in [1.29, 1.82) is 0 Å². The number of ether oxygens (including phenoxy) is 5. The van der Waals surface area contributed by atoms with Gasteiger partial charge in [-0.1, -0.05) is 12.1 Å². The van der Waals surface area contributed by atoms with Gasteiger partial charge in [-0.2, -0.15) is 0 Å². The minimum Gasteiger partial charge on any atom is -0.493 e. The molecule has 1 aromatic heterocycles. The summed E-state index contributed by atoms with van der Waals surface area (Å²) < 4.78 is 27.9. The third-order valence-electron chi connectivity index (χ3n) is 5.76. The lowest BCUT2D eigenvalue weighted by Gasteiger charge is -2.33. The van der Waals surface area contributed by atoms with Crippen LogP contribution >= 0.6 is 27.3 Å². The molecule has 0 radical (unpaired) electrons. The van der Waals surface area contributed by atoms with E-state index in [1.54, 1.807) is 11.8 Å². The number of amides is 1. The number of aliphatic hydroxyl groups excluding tert-OH is 1. The lowest BCUT2D eigenvalue weighted by Crippen LogP contribution is -2.42. The fraction of sp³-hybridized carbons (Fsp3) is 0.556. The van der Waals surface area contributed by atoms with E-state index in [2.05, 4.69) is 15.9 Å². The number of benzene rings is 1.